The van der Waals surface area contributed by atoms with E-state index in [4.69, 9.17) is 0 Å². The first kappa shape index (κ1) is 14.7. The predicted molar refractivity (Wildman–Crippen MR) is 87.2 cm³/mol. The third kappa shape index (κ3) is 2.77. The first-order valence-corrected chi connectivity index (χ1v) is 8.38. The third-order valence-corrected chi connectivity index (χ3v) is 4.88. The van der Waals surface area contributed by atoms with Gasteiger partial charge in [0.2, 0.25) is 0 Å². The molecule has 0 aliphatic heterocycles. The summed E-state index contributed by atoms with van der Waals surface area (Å²) in [5, 5.41) is 12.0. The minimum atomic E-state index is 0.253. The fourth-order valence-corrected chi connectivity index (χ4v) is 3.91. The van der Waals surface area contributed by atoms with E-state index in [0.29, 0.717) is 5.92 Å². The maximum Gasteiger partial charge on any atom is 0.153 e. The Labute approximate surface area is 134 Å². The molecule has 2 atom stereocenters. The van der Waals surface area contributed by atoms with Crippen LogP contribution in [-0.4, -0.2) is 21.5 Å². The van der Waals surface area contributed by atoms with Crippen LogP contribution in [0.4, 0.5) is 0 Å². The van der Waals surface area contributed by atoms with Crippen molar-refractivity contribution in [2.45, 2.75) is 38.1 Å². The molecule has 0 bridgehead atoms. The van der Waals surface area contributed by atoms with Crippen LogP contribution in [0.5, 0.6) is 0 Å². The van der Waals surface area contributed by atoms with Crippen LogP contribution in [0.2, 0.25) is 0 Å². The number of aromatic nitrogens is 3. The summed E-state index contributed by atoms with van der Waals surface area (Å²) in [6, 6.07) is 9.05. The molecule has 112 valence electrons. The molecule has 3 rings (SSSR count). The molecule has 2 unspecified atom stereocenters. The van der Waals surface area contributed by atoms with Gasteiger partial charge in [-0.3, -0.25) is 0 Å². The van der Waals surface area contributed by atoms with Crippen molar-refractivity contribution in [2.24, 2.45) is 7.05 Å². The number of hydrogen-bond donors (Lipinski definition) is 1. The Morgan fingerprint density at radius 1 is 1.43 bits per heavy atom. The van der Waals surface area contributed by atoms with Gasteiger partial charge in [-0.25, -0.2) is 4.68 Å². The average molecular weight is 349 g/mol. The minimum absolute atomic E-state index is 0.253. The van der Waals surface area contributed by atoms with Crippen molar-refractivity contribution in [1.82, 2.24) is 20.3 Å². The van der Waals surface area contributed by atoms with Crippen molar-refractivity contribution in [3.8, 4) is 0 Å². The number of rotatable bonds is 5. The average Bonchev–Trinajstić information content (AvgIpc) is 3.06. The molecule has 0 radical (unpaired) electrons. The Morgan fingerprint density at radius 3 is 2.95 bits per heavy atom. The molecule has 2 aromatic rings. The largest absolute Gasteiger partial charge is 0.308 e. The third-order valence-electron chi connectivity index (χ3n) is 4.32. The van der Waals surface area contributed by atoms with Gasteiger partial charge in [-0.1, -0.05) is 36.4 Å². The highest BCUT2D eigenvalue weighted by Crippen LogP contribution is 2.42. The summed E-state index contributed by atoms with van der Waals surface area (Å²) in [6.45, 7) is 3.20. The number of benzene rings is 1. The van der Waals surface area contributed by atoms with Gasteiger partial charge >= 0.3 is 0 Å². The first-order valence-electron chi connectivity index (χ1n) is 7.58. The highest BCUT2D eigenvalue weighted by Gasteiger charge is 2.33. The van der Waals surface area contributed by atoms with Gasteiger partial charge in [-0.15, -0.1) is 5.10 Å². The highest BCUT2D eigenvalue weighted by atomic mass is 79.9. The van der Waals surface area contributed by atoms with Crippen LogP contribution < -0.4 is 5.32 Å². The van der Waals surface area contributed by atoms with Gasteiger partial charge in [0.25, 0.3) is 0 Å². The zero-order valence-electron chi connectivity index (χ0n) is 12.5. The molecule has 0 spiro atoms. The van der Waals surface area contributed by atoms with Gasteiger partial charge in [0, 0.05) is 13.0 Å². The van der Waals surface area contributed by atoms with E-state index in [1.165, 1.54) is 17.5 Å². The molecule has 0 amide bonds. The van der Waals surface area contributed by atoms with Crippen molar-refractivity contribution >= 4 is 15.9 Å². The Morgan fingerprint density at radius 2 is 2.24 bits per heavy atom. The van der Waals surface area contributed by atoms with Crippen LogP contribution in [0.15, 0.2) is 28.9 Å². The fraction of sp³-hybridized carbons (Fsp3) is 0.500. The lowest BCUT2D eigenvalue weighted by molar-refractivity contribution is 0.417. The zero-order valence-corrected chi connectivity index (χ0v) is 14.1. The van der Waals surface area contributed by atoms with E-state index in [1.807, 2.05) is 11.7 Å². The summed E-state index contributed by atoms with van der Waals surface area (Å²) in [7, 11) is 1.97. The second-order valence-electron chi connectivity index (χ2n) is 5.66. The van der Waals surface area contributed by atoms with Crippen LogP contribution in [0.25, 0.3) is 0 Å². The van der Waals surface area contributed by atoms with E-state index in [9.17, 15) is 0 Å². The molecule has 1 heterocycles. The summed E-state index contributed by atoms with van der Waals surface area (Å²) in [6.07, 6.45) is 3.46. The first-order chi connectivity index (χ1) is 10.2. The van der Waals surface area contributed by atoms with Crippen molar-refractivity contribution in [2.75, 3.05) is 6.54 Å². The van der Waals surface area contributed by atoms with E-state index < -0.39 is 0 Å². The summed E-state index contributed by atoms with van der Waals surface area (Å²) in [4.78, 5) is 0. The number of aryl methyl sites for hydroxylation is 2. The van der Waals surface area contributed by atoms with Crippen molar-refractivity contribution in [1.29, 1.82) is 0 Å². The second-order valence-corrected chi connectivity index (χ2v) is 6.42. The Hall–Kier alpha value is -1.20. The summed E-state index contributed by atoms with van der Waals surface area (Å²) in [5.74, 6) is 0.487. The molecule has 1 N–H and O–H groups in total. The van der Waals surface area contributed by atoms with E-state index >= 15 is 0 Å². The Balaban J connectivity index is 1.98. The molecule has 0 fully saturated rings. The standard InChI is InChI=1S/C16H21BrN4/c1-3-10-18-14(15-16(17)19-20-21(15)2)13-9-8-11-6-4-5-7-12(11)13/h4-7,13-14,18H,3,8-10H2,1-2H3. The van der Waals surface area contributed by atoms with E-state index in [1.54, 1.807) is 0 Å². The number of nitrogens with one attached hydrogen (secondary N) is 1. The van der Waals surface area contributed by atoms with E-state index in [0.717, 1.165) is 29.7 Å². The maximum atomic E-state index is 4.16. The van der Waals surface area contributed by atoms with Crippen molar-refractivity contribution in [3.05, 3.63) is 45.7 Å². The van der Waals surface area contributed by atoms with Gasteiger partial charge in [-0.2, -0.15) is 0 Å². The SMILES string of the molecule is CCCNC(c1c(Br)nnn1C)C1CCc2ccccc21. The van der Waals surface area contributed by atoms with Crippen LogP contribution in [0.1, 0.15) is 48.5 Å². The van der Waals surface area contributed by atoms with Gasteiger partial charge < -0.3 is 5.32 Å². The lowest BCUT2D eigenvalue weighted by Gasteiger charge is -2.26. The molecule has 0 saturated carbocycles. The molecule has 21 heavy (non-hydrogen) atoms. The smallest absolute Gasteiger partial charge is 0.153 e. The molecule has 1 aromatic heterocycles. The van der Waals surface area contributed by atoms with Crippen LogP contribution in [-0.2, 0) is 13.5 Å². The quantitative estimate of drug-likeness (QED) is 0.900. The van der Waals surface area contributed by atoms with Crippen LogP contribution >= 0.6 is 15.9 Å². The summed E-state index contributed by atoms with van der Waals surface area (Å²) < 4.78 is 2.74. The molecule has 5 heteroatoms. The molecule has 1 aromatic carbocycles. The van der Waals surface area contributed by atoms with Crippen LogP contribution in [0, 0.1) is 0 Å². The van der Waals surface area contributed by atoms with Crippen LogP contribution in [0.3, 0.4) is 0 Å². The zero-order chi connectivity index (χ0) is 14.8. The highest BCUT2D eigenvalue weighted by molar-refractivity contribution is 9.10. The molecule has 1 aliphatic carbocycles. The molecular weight excluding hydrogens is 328 g/mol. The van der Waals surface area contributed by atoms with Gasteiger partial charge in [-0.05, 0) is 52.9 Å². The number of hydrogen-bond acceptors (Lipinski definition) is 3. The van der Waals surface area contributed by atoms with Crippen molar-refractivity contribution in [3.63, 3.8) is 0 Å². The monoisotopic (exact) mass is 348 g/mol. The molecule has 4 nitrogen and oxygen atoms in total. The normalized spacial score (nSPS) is 18.7. The summed E-state index contributed by atoms with van der Waals surface area (Å²) >= 11 is 3.56. The molecule has 1 aliphatic rings. The Kier molecular flexibility index (Phi) is 4.40. The predicted octanol–water partition coefficient (Wildman–Crippen LogP) is 3.35. The lowest BCUT2D eigenvalue weighted by Crippen LogP contribution is -2.29. The number of halogens is 1. The topological polar surface area (TPSA) is 42.7 Å². The molecule has 0 saturated heterocycles. The van der Waals surface area contributed by atoms with E-state index in [2.05, 4.69) is 62.7 Å². The summed E-state index contributed by atoms with van der Waals surface area (Å²) in [5.41, 5.74) is 4.10. The minimum Gasteiger partial charge on any atom is -0.308 e. The Bertz CT molecular complexity index is 603. The van der Waals surface area contributed by atoms with Gasteiger partial charge in [0.15, 0.2) is 4.60 Å². The molecular formula is C16H21BrN4. The van der Waals surface area contributed by atoms with Gasteiger partial charge in [0.1, 0.15) is 0 Å². The van der Waals surface area contributed by atoms with Gasteiger partial charge in [0.05, 0.1) is 11.7 Å². The van der Waals surface area contributed by atoms with Crippen molar-refractivity contribution < 1.29 is 0 Å². The second kappa shape index (κ2) is 6.28. The number of nitrogens with zero attached hydrogens (tertiary/aromatic N) is 3. The van der Waals surface area contributed by atoms with E-state index in [-0.39, 0.29) is 6.04 Å². The maximum absolute atomic E-state index is 4.16. The lowest BCUT2D eigenvalue weighted by atomic mass is 9.91. The fourth-order valence-electron chi connectivity index (χ4n) is 3.33. The number of fused-ring (bicyclic) bond motifs is 1.